The molecule has 4 nitrogen and oxygen atoms in total. The standard InChI is InChI=1S/C22H32ClNO3S/c1-4-9-28(26,27)14-18-12-22(13-18,11-17-6-7-17)16(3)24-21(25)19-8-5-15(2)10-20(19)23/h5,8,10,16-18H,4,6-7,9,11-14H2,1-3H3,(H,24,25). The summed E-state index contributed by atoms with van der Waals surface area (Å²) < 4.78 is 24.4. The van der Waals surface area contributed by atoms with E-state index in [4.69, 9.17) is 11.6 Å². The molecular formula is C22H32ClNO3S. The number of carbonyl (C=O) groups is 1. The van der Waals surface area contributed by atoms with Crippen LogP contribution in [-0.2, 0) is 9.84 Å². The Morgan fingerprint density at radius 3 is 2.54 bits per heavy atom. The van der Waals surface area contributed by atoms with E-state index in [2.05, 4.69) is 12.2 Å². The van der Waals surface area contributed by atoms with Crippen molar-refractivity contribution in [1.82, 2.24) is 5.32 Å². The molecule has 0 spiro atoms. The van der Waals surface area contributed by atoms with Crippen molar-refractivity contribution in [2.75, 3.05) is 11.5 Å². The summed E-state index contributed by atoms with van der Waals surface area (Å²) in [6, 6.07) is 5.47. The summed E-state index contributed by atoms with van der Waals surface area (Å²) >= 11 is 6.26. The largest absolute Gasteiger partial charge is 0.349 e. The molecule has 0 heterocycles. The van der Waals surface area contributed by atoms with Crippen LogP contribution in [0, 0.1) is 24.2 Å². The Morgan fingerprint density at radius 1 is 1.29 bits per heavy atom. The maximum Gasteiger partial charge on any atom is 0.253 e. The Balaban J connectivity index is 1.66. The van der Waals surface area contributed by atoms with Crippen molar-refractivity contribution in [2.45, 2.75) is 65.3 Å². The van der Waals surface area contributed by atoms with Gasteiger partial charge in [-0.25, -0.2) is 8.42 Å². The SMILES string of the molecule is CCCS(=O)(=O)CC1CC(CC2CC2)(C(C)NC(=O)c2ccc(C)cc2Cl)C1. The summed E-state index contributed by atoms with van der Waals surface area (Å²) in [5.74, 6) is 1.37. The number of amides is 1. The highest BCUT2D eigenvalue weighted by Gasteiger charge is 2.51. The van der Waals surface area contributed by atoms with Crippen molar-refractivity contribution in [3.8, 4) is 0 Å². The summed E-state index contributed by atoms with van der Waals surface area (Å²) in [5, 5.41) is 3.64. The molecule has 2 saturated carbocycles. The third-order valence-electron chi connectivity index (χ3n) is 6.42. The minimum Gasteiger partial charge on any atom is -0.349 e. The second-order valence-corrected chi connectivity index (χ2v) is 11.7. The van der Waals surface area contributed by atoms with Gasteiger partial charge in [0, 0.05) is 11.8 Å². The average molecular weight is 426 g/mol. The number of carbonyl (C=O) groups excluding carboxylic acids is 1. The molecule has 6 heteroatoms. The normalized spacial score (nSPS) is 25.8. The van der Waals surface area contributed by atoms with E-state index in [1.54, 1.807) is 12.1 Å². The first-order valence-electron chi connectivity index (χ1n) is 10.4. The molecule has 1 aromatic rings. The zero-order valence-corrected chi connectivity index (χ0v) is 18.7. The number of nitrogens with one attached hydrogen (secondary N) is 1. The molecule has 1 amide bonds. The van der Waals surface area contributed by atoms with Crippen LogP contribution < -0.4 is 5.32 Å². The minimum atomic E-state index is -2.96. The Hall–Kier alpha value is -1.07. The third kappa shape index (κ3) is 5.10. The van der Waals surface area contributed by atoms with Gasteiger partial charge >= 0.3 is 0 Å². The van der Waals surface area contributed by atoms with Gasteiger partial charge in [0.1, 0.15) is 0 Å². The van der Waals surface area contributed by atoms with Crippen LogP contribution in [-0.4, -0.2) is 31.9 Å². The Kier molecular flexibility index (Phi) is 6.45. The molecule has 3 rings (SSSR count). The van der Waals surface area contributed by atoms with Crippen LogP contribution in [0.25, 0.3) is 0 Å². The number of halogens is 1. The van der Waals surface area contributed by atoms with Crippen molar-refractivity contribution in [3.05, 3.63) is 34.3 Å². The molecule has 0 saturated heterocycles. The Morgan fingerprint density at radius 2 is 1.96 bits per heavy atom. The average Bonchev–Trinajstić information content (AvgIpc) is 3.35. The van der Waals surface area contributed by atoms with E-state index in [-0.39, 0.29) is 34.8 Å². The van der Waals surface area contributed by atoms with E-state index < -0.39 is 9.84 Å². The lowest BCUT2D eigenvalue weighted by atomic mass is 9.56. The number of hydrogen-bond acceptors (Lipinski definition) is 3. The summed E-state index contributed by atoms with van der Waals surface area (Å²) in [6.45, 7) is 5.92. The lowest BCUT2D eigenvalue weighted by molar-refractivity contribution is 0.0147. The van der Waals surface area contributed by atoms with Gasteiger partial charge in [-0.05, 0) is 74.5 Å². The smallest absolute Gasteiger partial charge is 0.253 e. The molecule has 0 aromatic heterocycles. The molecule has 1 N–H and O–H groups in total. The fourth-order valence-electron chi connectivity index (χ4n) is 4.79. The van der Waals surface area contributed by atoms with E-state index in [9.17, 15) is 13.2 Å². The number of sulfone groups is 1. The van der Waals surface area contributed by atoms with Gasteiger partial charge < -0.3 is 5.32 Å². The number of aryl methyl sites for hydroxylation is 1. The monoisotopic (exact) mass is 425 g/mol. The highest BCUT2D eigenvalue weighted by Crippen LogP contribution is 2.56. The van der Waals surface area contributed by atoms with Crippen molar-refractivity contribution in [1.29, 1.82) is 0 Å². The predicted molar refractivity (Wildman–Crippen MR) is 115 cm³/mol. The summed E-state index contributed by atoms with van der Waals surface area (Å²) in [7, 11) is -2.96. The molecule has 28 heavy (non-hydrogen) atoms. The first kappa shape index (κ1) is 21.6. The van der Waals surface area contributed by atoms with Gasteiger partial charge in [0.25, 0.3) is 5.91 Å². The highest BCUT2D eigenvalue weighted by atomic mass is 35.5. The summed E-state index contributed by atoms with van der Waals surface area (Å²) in [4.78, 5) is 12.8. The van der Waals surface area contributed by atoms with Crippen LogP contribution in [0.2, 0.25) is 5.02 Å². The molecule has 1 aromatic carbocycles. The van der Waals surface area contributed by atoms with Crippen LogP contribution in [0.5, 0.6) is 0 Å². The predicted octanol–water partition coefficient (Wildman–Crippen LogP) is 4.79. The van der Waals surface area contributed by atoms with Crippen LogP contribution in [0.15, 0.2) is 18.2 Å². The van der Waals surface area contributed by atoms with Gasteiger partial charge in [-0.2, -0.15) is 0 Å². The fourth-order valence-corrected chi connectivity index (χ4v) is 6.85. The van der Waals surface area contributed by atoms with E-state index in [1.807, 2.05) is 19.9 Å². The molecule has 156 valence electrons. The minimum absolute atomic E-state index is 0.00287. The van der Waals surface area contributed by atoms with Gasteiger partial charge in [0.2, 0.25) is 0 Å². The lowest BCUT2D eigenvalue weighted by Gasteiger charge is -2.52. The molecule has 1 atom stereocenters. The van der Waals surface area contributed by atoms with Crippen LogP contribution >= 0.6 is 11.6 Å². The van der Waals surface area contributed by atoms with Crippen molar-refractivity contribution in [3.63, 3.8) is 0 Å². The zero-order valence-electron chi connectivity index (χ0n) is 17.1. The van der Waals surface area contributed by atoms with E-state index >= 15 is 0 Å². The van der Waals surface area contributed by atoms with E-state index in [0.717, 1.165) is 30.7 Å². The molecule has 0 bridgehead atoms. The second kappa shape index (κ2) is 8.35. The summed E-state index contributed by atoms with van der Waals surface area (Å²) in [6.07, 6.45) is 6.04. The molecule has 0 radical (unpaired) electrons. The first-order chi connectivity index (χ1) is 13.1. The lowest BCUT2D eigenvalue weighted by Crippen LogP contribution is -2.54. The Bertz CT molecular complexity index is 826. The zero-order chi connectivity index (χ0) is 20.5. The third-order valence-corrected chi connectivity index (χ3v) is 8.74. The molecule has 1 unspecified atom stereocenters. The highest BCUT2D eigenvalue weighted by molar-refractivity contribution is 7.91. The van der Waals surface area contributed by atoms with Crippen LogP contribution in [0.1, 0.15) is 68.3 Å². The van der Waals surface area contributed by atoms with Gasteiger partial charge in [-0.3, -0.25) is 4.79 Å². The quantitative estimate of drug-likeness (QED) is 0.618. The molecule has 2 fully saturated rings. The van der Waals surface area contributed by atoms with Crippen molar-refractivity contribution >= 4 is 27.3 Å². The molecular weight excluding hydrogens is 394 g/mol. The number of benzene rings is 1. The maximum absolute atomic E-state index is 12.8. The maximum atomic E-state index is 12.8. The van der Waals surface area contributed by atoms with Gasteiger partial charge in [0.15, 0.2) is 9.84 Å². The van der Waals surface area contributed by atoms with E-state index in [1.165, 1.54) is 12.8 Å². The van der Waals surface area contributed by atoms with E-state index in [0.29, 0.717) is 17.0 Å². The number of rotatable bonds is 9. The Labute approximate surface area is 174 Å². The molecule has 2 aliphatic rings. The van der Waals surface area contributed by atoms with Gasteiger partial charge in [-0.1, -0.05) is 37.4 Å². The summed E-state index contributed by atoms with van der Waals surface area (Å²) in [5.41, 5.74) is 1.54. The topological polar surface area (TPSA) is 63.2 Å². The van der Waals surface area contributed by atoms with Gasteiger partial charge in [0.05, 0.1) is 16.3 Å². The fraction of sp³-hybridized carbons (Fsp3) is 0.682. The van der Waals surface area contributed by atoms with Crippen LogP contribution in [0.3, 0.4) is 0 Å². The van der Waals surface area contributed by atoms with Crippen molar-refractivity contribution in [2.24, 2.45) is 17.3 Å². The second-order valence-electron chi connectivity index (χ2n) is 9.08. The van der Waals surface area contributed by atoms with Crippen molar-refractivity contribution < 1.29 is 13.2 Å². The molecule has 2 aliphatic carbocycles. The first-order valence-corrected chi connectivity index (χ1v) is 12.6. The van der Waals surface area contributed by atoms with Gasteiger partial charge in [-0.15, -0.1) is 0 Å². The van der Waals surface area contributed by atoms with Crippen LogP contribution in [0.4, 0.5) is 0 Å². The molecule has 0 aliphatic heterocycles. The number of hydrogen-bond donors (Lipinski definition) is 1.